The van der Waals surface area contributed by atoms with Gasteiger partial charge in [-0.3, -0.25) is 14.5 Å². The lowest BCUT2D eigenvalue weighted by Gasteiger charge is -2.22. The molecule has 1 heterocycles. The van der Waals surface area contributed by atoms with Crippen LogP contribution in [-0.2, 0) is 16.0 Å². The van der Waals surface area contributed by atoms with Crippen LogP contribution < -0.4 is 5.32 Å². The van der Waals surface area contributed by atoms with Crippen LogP contribution in [0.5, 0.6) is 5.75 Å². The fraction of sp³-hybridized carbons (Fsp3) is 0.190. The highest BCUT2D eigenvalue weighted by Crippen LogP contribution is 2.21. The molecule has 0 aromatic heterocycles. The van der Waals surface area contributed by atoms with E-state index in [2.05, 4.69) is 10.3 Å². The van der Waals surface area contributed by atoms with Gasteiger partial charge in [-0.1, -0.05) is 42.5 Å². The summed E-state index contributed by atoms with van der Waals surface area (Å²) in [5.74, 6) is 0.241. The zero-order valence-corrected chi connectivity index (χ0v) is 15.2. The molecule has 0 radical (unpaired) electrons. The average Bonchev–Trinajstić information content (AvgIpc) is 2.92. The molecule has 6 heteroatoms. The van der Waals surface area contributed by atoms with Crippen LogP contribution in [0, 0.1) is 0 Å². The Kier molecular flexibility index (Phi) is 5.35. The number of benzene rings is 2. The van der Waals surface area contributed by atoms with E-state index in [1.54, 1.807) is 37.4 Å². The van der Waals surface area contributed by atoms with Gasteiger partial charge in [-0.15, -0.1) is 0 Å². The first-order valence-corrected chi connectivity index (χ1v) is 8.62. The first-order chi connectivity index (χ1) is 12.9. The first kappa shape index (κ1) is 18.4. The summed E-state index contributed by atoms with van der Waals surface area (Å²) >= 11 is 0. The molecule has 0 saturated carbocycles. The second-order valence-electron chi connectivity index (χ2n) is 6.40. The fourth-order valence-corrected chi connectivity index (χ4v) is 2.96. The smallest absolute Gasteiger partial charge is 0.277 e. The van der Waals surface area contributed by atoms with Crippen molar-refractivity contribution in [2.75, 3.05) is 7.05 Å². The number of likely N-dealkylation sites (N-methyl/N-ethyl adjacent to an activating group) is 1. The van der Waals surface area contributed by atoms with Crippen LogP contribution in [-0.4, -0.2) is 40.7 Å². The highest BCUT2D eigenvalue weighted by Gasteiger charge is 2.32. The fourth-order valence-electron chi connectivity index (χ4n) is 2.96. The standard InChI is InChI=1S/C21H21N3O3/c1-14(25)22-18(12-15-6-4-3-5-7-15)20-23-19(21(27)24(20)2)13-16-8-10-17(26)11-9-16/h3-11,13,18,26H,12H2,1-2H3,(H,22,25)/b19-13-. The van der Waals surface area contributed by atoms with Crippen molar-refractivity contribution < 1.29 is 14.7 Å². The second kappa shape index (κ2) is 7.86. The Balaban J connectivity index is 1.91. The van der Waals surface area contributed by atoms with Crippen molar-refractivity contribution in [1.82, 2.24) is 10.2 Å². The lowest BCUT2D eigenvalue weighted by atomic mass is 10.0. The van der Waals surface area contributed by atoms with Crippen LogP contribution in [0.25, 0.3) is 6.08 Å². The number of carbonyl (C=O) groups is 2. The number of amidine groups is 1. The van der Waals surface area contributed by atoms with E-state index in [4.69, 9.17) is 0 Å². The van der Waals surface area contributed by atoms with Crippen molar-refractivity contribution in [3.8, 4) is 5.75 Å². The number of phenolic OH excluding ortho intramolecular Hbond substituents is 1. The highest BCUT2D eigenvalue weighted by atomic mass is 16.3. The summed E-state index contributed by atoms with van der Waals surface area (Å²) in [6.45, 7) is 1.45. The number of carbonyl (C=O) groups excluding carboxylic acids is 2. The number of amides is 2. The van der Waals surface area contributed by atoms with Crippen molar-refractivity contribution in [1.29, 1.82) is 0 Å². The monoisotopic (exact) mass is 363 g/mol. The molecule has 0 spiro atoms. The van der Waals surface area contributed by atoms with Crippen LogP contribution in [0.4, 0.5) is 0 Å². The lowest BCUT2D eigenvalue weighted by molar-refractivity contribution is -0.122. The van der Waals surface area contributed by atoms with Gasteiger partial charge in [0.15, 0.2) is 0 Å². The van der Waals surface area contributed by atoms with E-state index in [9.17, 15) is 14.7 Å². The molecule has 2 aromatic carbocycles. The molecule has 0 bridgehead atoms. The molecule has 2 aromatic rings. The number of hydrogen-bond donors (Lipinski definition) is 2. The molecule has 0 aliphatic carbocycles. The predicted molar refractivity (Wildman–Crippen MR) is 104 cm³/mol. The Labute approximate surface area is 157 Å². The maximum atomic E-state index is 12.6. The van der Waals surface area contributed by atoms with Crippen molar-refractivity contribution in [3.05, 3.63) is 71.4 Å². The Morgan fingerprint density at radius 1 is 1.19 bits per heavy atom. The third kappa shape index (κ3) is 4.41. The molecule has 6 nitrogen and oxygen atoms in total. The van der Waals surface area contributed by atoms with Gasteiger partial charge in [-0.05, 0) is 35.8 Å². The van der Waals surface area contributed by atoms with Gasteiger partial charge in [0, 0.05) is 14.0 Å². The summed E-state index contributed by atoms with van der Waals surface area (Å²) in [5, 5.41) is 12.3. The Morgan fingerprint density at radius 2 is 1.85 bits per heavy atom. The molecular formula is C21H21N3O3. The van der Waals surface area contributed by atoms with Crippen molar-refractivity contribution in [2.45, 2.75) is 19.4 Å². The molecule has 1 aliphatic heterocycles. The van der Waals surface area contributed by atoms with E-state index in [1.165, 1.54) is 11.8 Å². The van der Waals surface area contributed by atoms with Crippen molar-refractivity contribution in [2.24, 2.45) is 4.99 Å². The van der Waals surface area contributed by atoms with Crippen molar-refractivity contribution in [3.63, 3.8) is 0 Å². The molecular weight excluding hydrogens is 342 g/mol. The van der Waals surface area contributed by atoms with Crippen LogP contribution in [0.2, 0.25) is 0 Å². The lowest BCUT2D eigenvalue weighted by Crippen LogP contribution is -2.47. The van der Waals surface area contributed by atoms with Gasteiger partial charge in [-0.25, -0.2) is 4.99 Å². The SMILES string of the molecule is CC(=O)NC(Cc1ccccc1)C1=N/C(=C\c2ccc(O)cc2)C(=O)N1C. The maximum Gasteiger partial charge on any atom is 0.277 e. The summed E-state index contributed by atoms with van der Waals surface area (Å²) in [4.78, 5) is 30.3. The van der Waals surface area contributed by atoms with Gasteiger partial charge in [0.1, 0.15) is 17.3 Å². The minimum atomic E-state index is -0.412. The number of nitrogens with one attached hydrogen (secondary N) is 1. The van der Waals surface area contributed by atoms with E-state index in [-0.39, 0.29) is 17.6 Å². The molecule has 0 saturated heterocycles. The van der Waals surface area contributed by atoms with Gasteiger partial charge in [0.25, 0.3) is 5.91 Å². The molecule has 2 amide bonds. The molecule has 3 rings (SSSR count). The zero-order chi connectivity index (χ0) is 19.4. The molecule has 138 valence electrons. The summed E-state index contributed by atoms with van der Waals surface area (Å²) in [6, 6.07) is 15.8. The molecule has 0 fully saturated rings. The van der Waals surface area contributed by atoms with E-state index >= 15 is 0 Å². The highest BCUT2D eigenvalue weighted by molar-refractivity contribution is 6.16. The van der Waals surface area contributed by atoms with Gasteiger partial charge in [-0.2, -0.15) is 0 Å². The second-order valence-corrected chi connectivity index (χ2v) is 6.40. The summed E-state index contributed by atoms with van der Waals surface area (Å²) in [6.07, 6.45) is 2.20. The third-order valence-corrected chi connectivity index (χ3v) is 4.27. The number of rotatable bonds is 5. The van der Waals surface area contributed by atoms with Gasteiger partial charge in [0.2, 0.25) is 5.91 Å². The molecule has 2 N–H and O–H groups in total. The van der Waals surface area contributed by atoms with E-state index in [0.29, 0.717) is 18.0 Å². The maximum absolute atomic E-state index is 12.6. The minimum Gasteiger partial charge on any atom is -0.508 e. The van der Waals surface area contributed by atoms with Crippen molar-refractivity contribution >= 4 is 23.7 Å². The molecule has 27 heavy (non-hydrogen) atoms. The van der Waals surface area contributed by atoms with Crippen LogP contribution in [0.3, 0.4) is 0 Å². The Morgan fingerprint density at radius 3 is 2.48 bits per heavy atom. The topological polar surface area (TPSA) is 82.0 Å². The quantitative estimate of drug-likeness (QED) is 0.800. The van der Waals surface area contributed by atoms with Crippen LogP contribution in [0.1, 0.15) is 18.1 Å². The van der Waals surface area contributed by atoms with E-state index in [0.717, 1.165) is 11.1 Å². The normalized spacial score (nSPS) is 16.4. The van der Waals surface area contributed by atoms with Crippen LogP contribution >= 0.6 is 0 Å². The van der Waals surface area contributed by atoms with Gasteiger partial charge in [0.05, 0.1) is 6.04 Å². The average molecular weight is 363 g/mol. The summed E-state index contributed by atoms with van der Waals surface area (Å²) in [5.41, 5.74) is 2.09. The molecule has 1 aliphatic rings. The predicted octanol–water partition coefficient (Wildman–Crippen LogP) is 2.35. The molecule has 1 unspecified atom stereocenters. The van der Waals surface area contributed by atoms with Gasteiger partial charge < -0.3 is 10.4 Å². The van der Waals surface area contributed by atoms with Gasteiger partial charge >= 0.3 is 0 Å². The first-order valence-electron chi connectivity index (χ1n) is 8.62. The number of nitrogens with zero attached hydrogens (tertiary/aromatic N) is 2. The number of hydrogen-bond acceptors (Lipinski definition) is 4. The number of aromatic hydroxyl groups is 1. The van der Waals surface area contributed by atoms with E-state index < -0.39 is 6.04 Å². The Hall–Kier alpha value is -3.41. The number of phenols is 1. The largest absolute Gasteiger partial charge is 0.508 e. The zero-order valence-electron chi connectivity index (χ0n) is 15.2. The number of aliphatic imine (C=N–C) groups is 1. The minimum absolute atomic E-state index is 0.157. The Bertz CT molecular complexity index is 902. The van der Waals surface area contributed by atoms with Crippen LogP contribution in [0.15, 0.2) is 65.3 Å². The molecule has 1 atom stereocenters. The van der Waals surface area contributed by atoms with E-state index in [1.807, 2.05) is 30.3 Å². The summed E-state index contributed by atoms with van der Waals surface area (Å²) in [7, 11) is 1.65. The third-order valence-electron chi connectivity index (χ3n) is 4.27. The summed E-state index contributed by atoms with van der Waals surface area (Å²) < 4.78 is 0.